The lowest BCUT2D eigenvalue weighted by Crippen LogP contribution is -2.61. The van der Waals surface area contributed by atoms with E-state index in [4.69, 9.17) is 28.9 Å². The van der Waals surface area contributed by atoms with Crippen LogP contribution >= 0.6 is 11.3 Å². The highest BCUT2D eigenvalue weighted by Crippen LogP contribution is 2.42. The molecule has 13 nitrogen and oxygen atoms in total. The maximum atomic E-state index is 14.4. The van der Waals surface area contributed by atoms with E-state index in [9.17, 15) is 14.4 Å². The number of alkyl carbamates (subject to hydrolysis) is 1. The molecule has 0 unspecified atom stereocenters. The molecule has 0 spiro atoms. The highest BCUT2D eigenvalue weighted by Gasteiger charge is 2.41. The number of esters is 1. The Balaban J connectivity index is 1.54. The van der Waals surface area contributed by atoms with Crippen LogP contribution in [0, 0.1) is 5.41 Å². The van der Waals surface area contributed by atoms with Gasteiger partial charge in [0.15, 0.2) is 0 Å². The van der Waals surface area contributed by atoms with E-state index in [1.54, 1.807) is 34.1 Å². The molecule has 3 aromatic heterocycles. The highest BCUT2D eigenvalue weighted by molar-refractivity contribution is 7.10. The molecule has 5 heterocycles. The number of cyclic esters (lactones) is 1. The summed E-state index contributed by atoms with van der Waals surface area (Å²) in [7, 11) is 1.69. The van der Waals surface area contributed by atoms with Gasteiger partial charge in [0.2, 0.25) is 0 Å². The average molecular weight is 775 g/mol. The number of carbonyl (C=O) groups excluding carboxylic acids is 3. The van der Waals surface area contributed by atoms with Crippen LogP contribution in [0.25, 0.3) is 33.4 Å². The molecular formula is C41H54N6O7S. The minimum atomic E-state index is -1.22. The van der Waals surface area contributed by atoms with E-state index in [1.165, 1.54) is 16.3 Å². The number of benzene rings is 1. The number of nitrogens with one attached hydrogen (secondary N) is 2. The fourth-order valence-corrected chi connectivity index (χ4v) is 8.28. The first kappa shape index (κ1) is 40.3. The number of carbonyl (C=O) groups is 3. The first-order valence-corrected chi connectivity index (χ1v) is 20.0. The Labute approximate surface area is 327 Å². The van der Waals surface area contributed by atoms with Gasteiger partial charge in [0.1, 0.15) is 28.8 Å². The quantitative estimate of drug-likeness (QED) is 0.186. The van der Waals surface area contributed by atoms with E-state index in [1.807, 2.05) is 25.3 Å². The third-order valence-electron chi connectivity index (χ3n) is 9.96. The minimum Gasteiger partial charge on any atom is -0.464 e. The molecule has 2 N–H and O–H groups in total. The summed E-state index contributed by atoms with van der Waals surface area (Å²) >= 11 is 1.36. The number of hydrazine groups is 1. The van der Waals surface area contributed by atoms with Crippen LogP contribution in [0.2, 0.25) is 0 Å². The zero-order valence-electron chi connectivity index (χ0n) is 33.4. The maximum Gasteiger partial charge on any atom is 0.408 e. The van der Waals surface area contributed by atoms with E-state index < -0.39 is 47.2 Å². The van der Waals surface area contributed by atoms with Gasteiger partial charge in [-0.15, -0.1) is 11.3 Å². The normalized spacial score (nSPS) is 21.2. The maximum absolute atomic E-state index is 14.4. The molecule has 6 bridgehead atoms. The highest BCUT2D eigenvalue weighted by atomic mass is 32.1. The number of fused-ring (bicyclic) bond motifs is 6. The van der Waals surface area contributed by atoms with Crippen LogP contribution < -0.4 is 10.7 Å². The number of aromatic nitrogens is 3. The Kier molecular flexibility index (Phi) is 12.0. The van der Waals surface area contributed by atoms with Crippen molar-refractivity contribution in [1.82, 2.24) is 30.3 Å². The number of ether oxygens (including phenoxy) is 4. The van der Waals surface area contributed by atoms with Crippen LogP contribution in [-0.4, -0.2) is 82.1 Å². The smallest absolute Gasteiger partial charge is 0.408 e. The summed E-state index contributed by atoms with van der Waals surface area (Å²) in [5, 5.41) is 7.69. The minimum absolute atomic E-state index is 0.148. The number of pyridine rings is 1. The molecule has 0 aliphatic carbocycles. The van der Waals surface area contributed by atoms with Gasteiger partial charge in [-0.2, -0.15) is 0 Å². The fraction of sp³-hybridized carbons (Fsp3) is 0.537. The summed E-state index contributed by atoms with van der Waals surface area (Å²) in [6.45, 7) is 16.8. The lowest BCUT2D eigenvalue weighted by Gasteiger charge is -2.37. The Bertz CT molecular complexity index is 2030. The standard InChI is InChI=1S/C41H54N6O7S/c1-10-46-31-17-16-25-20-27(31)28(34(46)26-14-12-18-42-32(26)24(3)51-9)21-41(7,8)23-53-38(49)29-15-13-19-47(45-29)37(48)33(44-39(50)54-40(4,5)6)35(52-11-2)36-43-30(25)22-55-36/h12,14,16-18,20,22,24,29,33,35,45H,10-11,13,15,19,21,23H2,1-9H3,(H,44,50)/t24-,29-,33-,35-/m0/s1. The summed E-state index contributed by atoms with van der Waals surface area (Å²) in [6, 6.07) is 8.41. The molecule has 1 fully saturated rings. The summed E-state index contributed by atoms with van der Waals surface area (Å²) in [5.41, 5.74) is 8.44. The van der Waals surface area contributed by atoms with E-state index in [2.05, 4.69) is 60.3 Å². The van der Waals surface area contributed by atoms with Crippen molar-refractivity contribution in [3.05, 3.63) is 58.2 Å². The van der Waals surface area contributed by atoms with E-state index in [0.29, 0.717) is 43.1 Å². The number of thiazole rings is 1. The zero-order valence-corrected chi connectivity index (χ0v) is 34.2. The van der Waals surface area contributed by atoms with Crippen molar-refractivity contribution in [2.24, 2.45) is 5.41 Å². The molecule has 1 saturated heterocycles. The number of aryl methyl sites for hydroxylation is 1. The van der Waals surface area contributed by atoms with Crippen molar-refractivity contribution in [1.29, 1.82) is 0 Å². The van der Waals surface area contributed by atoms with Crippen molar-refractivity contribution < 1.29 is 33.3 Å². The van der Waals surface area contributed by atoms with Crippen molar-refractivity contribution in [2.75, 3.05) is 26.9 Å². The number of hydrogen-bond acceptors (Lipinski definition) is 11. The summed E-state index contributed by atoms with van der Waals surface area (Å²) in [6.07, 6.45) is 1.46. The Hall–Kier alpha value is -4.37. The topological polar surface area (TPSA) is 146 Å². The van der Waals surface area contributed by atoms with Crippen LogP contribution in [0.4, 0.5) is 4.79 Å². The van der Waals surface area contributed by atoms with Crippen LogP contribution in [0.1, 0.15) is 96.7 Å². The van der Waals surface area contributed by atoms with Gasteiger partial charge in [0, 0.05) is 65.8 Å². The number of methoxy groups -OCH3 is 1. The zero-order chi connectivity index (χ0) is 39.7. The molecule has 296 valence electrons. The molecule has 4 atom stereocenters. The molecule has 2 amide bonds. The van der Waals surface area contributed by atoms with Gasteiger partial charge in [0.05, 0.1) is 29.8 Å². The fourth-order valence-electron chi connectivity index (χ4n) is 7.37. The molecule has 14 heteroatoms. The van der Waals surface area contributed by atoms with Gasteiger partial charge in [-0.3, -0.25) is 19.6 Å². The lowest BCUT2D eigenvalue weighted by atomic mass is 9.84. The third kappa shape index (κ3) is 8.72. The number of hydrogen-bond donors (Lipinski definition) is 2. The van der Waals surface area contributed by atoms with Crippen molar-refractivity contribution in [2.45, 2.75) is 111 Å². The summed E-state index contributed by atoms with van der Waals surface area (Å²) < 4.78 is 26.0. The SMILES string of the molecule is CCO[C@@H]1c2nc(cs2)-c2ccc3c(c2)c(c(-c2cccnc2[C@H](C)OC)n3CC)CC(C)(C)COC(=O)[C@@H]2CCCN(N2)C(=O)[C@H]1NC(=O)OC(C)(C)C. The number of nitrogens with zero attached hydrogens (tertiary/aromatic N) is 4. The van der Waals surface area contributed by atoms with Gasteiger partial charge < -0.3 is 28.8 Å². The second-order valence-electron chi connectivity index (χ2n) is 16.0. The van der Waals surface area contributed by atoms with Gasteiger partial charge in [-0.1, -0.05) is 19.9 Å². The average Bonchev–Trinajstić information content (AvgIpc) is 3.76. The first-order valence-electron chi connectivity index (χ1n) is 19.1. The molecule has 2 aliphatic heterocycles. The van der Waals surface area contributed by atoms with Gasteiger partial charge in [-0.25, -0.2) is 15.2 Å². The van der Waals surface area contributed by atoms with Crippen molar-refractivity contribution >= 4 is 40.2 Å². The van der Waals surface area contributed by atoms with Crippen LogP contribution in [-0.2, 0) is 41.5 Å². The predicted molar refractivity (Wildman–Crippen MR) is 211 cm³/mol. The number of rotatable bonds is 7. The molecule has 55 heavy (non-hydrogen) atoms. The molecule has 0 saturated carbocycles. The van der Waals surface area contributed by atoms with E-state index >= 15 is 0 Å². The monoisotopic (exact) mass is 774 g/mol. The van der Waals surface area contributed by atoms with Crippen molar-refractivity contribution in [3.8, 4) is 22.5 Å². The van der Waals surface area contributed by atoms with Gasteiger partial charge in [-0.05, 0) is 90.6 Å². The number of amides is 2. The van der Waals surface area contributed by atoms with Crippen LogP contribution in [0.15, 0.2) is 41.9 Å². The van der Waals surface area contributed by atoms with Gasteiger partial charge >= 0.3 is 12.1 Å². The van der Waals surface area contributed by atoms with Gasteiger partial charge in [0.25, 0.3) is 5.91 Å². The van der Waals surface area contributed by atoms with E-state index in [0.717, 1.165) is 39.0 Å². The van der Waals surface area contributed by atoms with E-state index in [-0.39, 0.29) is 19.3 Å². The molecule has 2 aliphatic rings. The largest absolute Gasteiger partial charge is 0.464 e. The molecule has 1 aromatic carbocycles. The second-order valence-corrected chi connectivity index (χ2v) is 16.8. The predicted octanol–water partition coefficient (Wildman–Crippen LogP) is 7.15. The van der Waals surface area contributed by atoms with Crippen LogP contribution in [0.5, 0.6) is 0 Å². The first-order chi connectivity index (χ1) is 26.1. The second kappa shape index (κ2) is 16.4. The van der Waals surface area contributed by atoms with Crippen molar-refractivity contribution in [3.63, 3.8) is 0 Å². The Morgan fingerprint density at radius 2 is 1.98 bits per heavy atom. The third-order valence-corrected chi connectivity index (χ3v) is 10.9. The summed E-state index contributed by atoms with van der Waals surface area (Å²) in [5.74, 6) is -0.923. The molecule has 0 radical (unpaired) electrons. The molecular weight excluding hydrogens is 721 g/mol. The Morgan fingerprint density at radius 3 is 2.69 bits per heavy atom. The Morgan fingerprint density at radius 1 is 1.20 bits per heavy atom. The summed E-state index contributed by atoms with van der Waals surface area (Å²) in [4.78, 5) is 51.2. The molecule has 6 rings (SSSR count). The molecule has 4 aromatic rings. The van der Waals surface area contributed by atoms with Crippen LogP contribution in [0.3, 0.4) is 0 Å². The lowest BCUT2D eigenvalue weighted by molar-refractivity contribution is -0.156.